The molecule has 2 atom stereocenters. The number of nitrogens with zero attached hydrogens (tertiary/aromatic N) is 3. The number of pyridine rings is 1. The second-order valence-electron chi connectivity index (χ2n) is 10.2. The van der Waals surface area contributed by atoms with Crippen molar-refractivity contribution in [3.8, 4) is 0 Å². The highest BCUT2D eigenvalue weighted by Gasteiger charge is 2.37. The second kappa shape index (κ2) is 10.1. The van der Waals surface area contributed by atoms with E-state index in [1.165, 1.54) is 25.7 Å². The molecular formula is C28H34ClN3O2. The van der Waals surface area contributed by atoms with Crippen LogP contribution in [-0.4, -0.2) is 52.3 Å². The molecule has 3 aliphatic rings. The molecule has 1 saturated carbocycles. The Morgan fingerprint density at radius 3 is 2.32 bits per heavy atom. The first-order chi connectivity index (χ1) is 16.5. The number of aromatic nitrogens is 1. The van der Waals surface area contributed by atoms with Gasteiger partial charge in [-0.1, -0.05) is 24.4 Å². The van der Waals surface area contributed by atoms with Gasteiger partial charge in [0.05, 0.1) is 11.3 Å². The molecule has 2 unspecified atom stereocenters. The van der Waals surface area contributed by atoms with E-state index in [4.69, 9.17) is 16.6 Å². The summed E-state index contributed by atoms with van der Waals surface area (Å²) in [5.41, 5.74) is 3.32. The van der Waals surface area contributed by atoms with Crippen molar-refractivity contribution in [3.05, 3.63) is 63.9 Å². The van der Waals surface area contributed by atoms with Gasteiger partial charge in [-0.2, -0.15) is 0 Å². The predicted octanol–water partition coefficient (Wildman–Crippen LogP) is 5.86. The van der Waals surface area contributed by atoms with Crippen LogP contribution in [0, 0.1) is 12.8 Å². The zero-order valence-corrected chi connectivity index (χ0v) is 20.8. The molecule has 180 valence electrons. The maximum Gasteiger partial charge on any atom is 0.255 e. The molecule has 1 aliphatic carbocycles. The Bertz CT molecular complexity index is 1040. The molecule has 0 radical (unpaired) electrons. The van der Waals surface area contributed by atoms with Crippen LogP contribution < -0.4 is 0 Å². The molecular weight excluding hydrogens is 446 g/mol. The third-order valence-electron chi connectivity index (χ3n) is 8.06. The van der Waals surface area contributed by atoms with Crippen LogP contribution in [0.4, 0.5) is 0 Å². The van der Waals surface area contributed by atoms with Crippen LogP contribution in [0.5, 0.6) is 0 Å². The van der Waals surface area contributed by atoms with Gasteiger partial charge in [0.15, 0.2) is 0 Å². The zero-order chi connectivity index (χ0) is 23.7. The highest BCUT2D eigenvalue weighted by molar-refractivity contribution is 6.30. The molecule has 5 rings (SSSR count). The molecule has 2 aliphatic heterocycles. The van der Waals surface area contributed by atoms with E-state index in [1.54, 1.807) is 24.3 Å². The van der Waals surface area contributed by atoms with Crippen molar-refractivity contribution in [1.29, 1.82) is 0 Å². The molecule has 2 aromatic rings. The van der Waals surface area contributed by atoms with E-state index in [2.05, 4.69) is 4.90 Å². The molecule has 3 heterocycles. The molecule has 0 spiro atoms. The Morgan fingerprint density at radius 1 is 0.853 bits per heavy atom. The van der Waals surface area contributed by atoms with E-state index in [0.717, 1.165) is 49.2 Å². The fourth-order valence-electron chi connectivity index (χ4n) is 6.23. The predicted molar refractivity (Wildman–Crippen MR) is 134 cm³/mol. The number of carbonyl (C=O) groups excluding carboxylic acids is 2. The fourth-order valence-corrected chi connectivity index (χ4v) is 6.36. The topological polar surface area (TPSA) is 53.5 Å². The van der Waals surface area contributed by atoms with Crippen LogP contribution in [-0.2, 0) is 0 Å². The highest BCUT2D eigenvalue weighted by atomic mass is 35.5. The molecule has 2 amide bonds. The third kappa shape index (κ3) is 4.72. The van der Waals surface area contributed by atoms with E-state index in [1.807, 2.05) is 24.0 Å². The summed E-state index contributed by atoms with van der Waals surface area (Å²) in [7, 11) is 0. The lowest BCUT2D eigenvalue weighted by Gasteiger charge is -2.44. The van der Waals surface area contributed by atoms with E-state index >= 15 is 0 Å². The van der Waals surface area contributed by atoms with Crippen LogP contribution in [0.25, 0.3) is 0 Å². The number of amides is 2. The number of aryl methyl sites for hydroxylation is 1. The Hall–Kier alpha value is -2.40. The van der Waals surface area contributed by atoms with Crippen LogP contribution in [0.15, 0.2) is 36.4 Å². The molecule has 1 aromatic heterocycles. The molecule has 3 fully saturated rings. The fraction of sp³-hybridized carbons (Fsp3) is 0.536. The summed E-state index contributed by atoms with van der Waals surface area (Å²) in [4.78, 5) is 35.7. The number of carbonyl (C=O) groups is 2. The summed E-state index contributed by atoms with van der Waals surface area (Å²) in [6.07, 6.45) is 8.92. The van der Waals surface area contributed by atoms with E-state index in [-0.39, 0.29) is 17.7 Å². The van der Waals surface area contributed by atoms with Crippen molar-refractivity contribution in [2.45, 2.75) is 70.3 Å². The first-order valence-corrected chi connectivity index (χ1v) is 13.2. The smallest absolute Gasteiger partial charge is 0.255 e. The number of hydrogen-bond acceptors (Lipinski definition) is 3. The Morgan fingerprint density at radius 2 is 1.56 bits per heavy atom. The van der Waals surface area contributed by atoms with Crippen molar-refractivity contribution >= 4 is 23.4 Å². The summed E-state index contributed by atoms with van der Waals surface area (Å²) in [6, 6.07) is 11.4. The molecule has 5 nitrogen and oxygen atoms in total. The lowest BCUT2D eigenvalue weighted by molar-refractivity contribution is 0.0387. The SMILES string of the molecule is Cc1ccc(C(=O)N2CCCC3CCCCC32)c(C2CCN(C(=O)c3ccc(Cl)cc3)CC2)n1. The summed E-state index contributed by atoms with van der Waals surface area (Å²) < 4.78 is 0. The van der Waals surface area contributed by atoms with Gasteiger partial charge < -0.3 is 9.80 Å². The third-order valence-corrected chi connectivity index (χ3v) is 8.31. The maximum absolute atomic E-state index is 13.8. The highest BCUT2D eigenvalue weighted by Crippen LogP contribution is 2.37. The number of hydrogen-bond donors (Lipinski definition) is 0. The normalized spacial score (nSPS) is 23.5. The van der Waals surface area contributed by atoms with Gasteiger partial charge in [-0.3, -0.25) is 14.6 Å². The van der Waals surface area contributed by atoms with Gasteiger partial charge in [0.1, 0.15) is 0 Å². The van der Waals surface area contributed by atoms with Crippen molar-refractivity contribution in [2.75, 3.05) is 19.6 Å². The summed E-state index contributed by atoms with van der Waals surface area (Å²) >= 11 is 5.97. The van der Waals surface area contributed by atoms with Crippen molar-refractivity contribution in [2.24, 2.45) is 5.92 Å². The number of likely N-dealkylation sites (tertiary alicyclic amines) is 2. The Kier molecular flexibility index (Phi) is 6.91. The second-order valence-corrected chi connectivity index (χ2v) is 10.6. The number of benzene rings is 1. The lowest BCUT2D eigenvalue weighted by atomic mass is 9.78. The zero-order valence-electron chi connectivity index (χ0n) is 20.0. The van der Waals surface area contributed by atoms with E-state index in [9.17, 15) is 9.59 Å². The number of fused-ring (bicyclic) bond motifs is 1. The van der Waals surface area contributed by atoms with Gasteiger partial charge in [0.25, 0.3) is 11.8 Å². The summed E-state index contributed by atoms with van der Waals surface area (Å²) in [6.45, 7) is 4.20. The van der Waals surface area contributed by atoms with Gasteiger partial charge in [-0.15, -0.1) is 0 Å². The van der Waals surface area contributed by atoms with Crippen LogP contribution in [0.1, 0.15) is 89.4 Å². The lowest BCUT2D eigenvalue weighted by Crippen LogP contribution is -2.50. The molecule has 2 saturated heterocycles. The molecule has 0 bridgehead atoms. The largest absolute Gasteiger partial charge is 0.339 e. The number of halogens is 1. The van der Waals surface area contributed by atoms with Crippen molar-refractivity contribution in [1.82, 2.24) is 14.8 Å². The van der Waals surface area contributed by atoms with Gasteiger partial charge >= 0.3 is 0 Å². The molecule has 0 N–H and O–H groups in total. The standard InChI is InChI=1S/C28H34ClN3O2/c1-19-8-13-24(28(34)32-16-4-6-20-5-2-3-7-25(20)32)26(30-19)21-14-17-31(18-15-21)27(33)22-9-11-23(29)12-10-22/h8-13,20-21,25H,2-7,14-18H2,1H3. The van der Waals surface area contributed by atoms with Gasteiger partial charge in [-0.25, -0.2) is 0 Å². The van der Waals surface area contributed by atoms with Crippen LogP contribution >= 0.6 is 11.6 Å². The summed E-state index contributed by atoms with van der Waals surface area (Å²) in [5, 5.41) is 0.631. The summed E-state index contributed by atoms with van der Waals surface area (Å²) in [5.74, 6) is 1.06. The van der Waals surface area contributed by atoms with E-state index < -0.39 is 0 Å². The van der Waals surface area contributed by atoms with Crippen molar-refractivity contribution in [3.63, 3.8) is 0 Å². The minimum absolute atomic E-state index is 0.0419. The first kappa shape index (κ1) is 23.3. The quantitative estimate of drug-likeness (QED) is 0.554. The van der Waals surface area contributed by atoms with E-state index in [0.29, 0.717) is 35.6 Å². The minimum Gasteiger partial charge on any atom is -0.339 e. The van der Waals surface area contributed by atoms with Crippen molar-refractivity contribution < 1.29 is 9.59 Å². The Labute approximate surface area is 207 Å². The Balaban J connectivity index is 1.32. The van der Waals surface area contributed by atoms with Crippen LogP contribution in [0.3, 0.4) is 0 Å². The van der Waals surface area contributed by atoms with Gasteiger partial charge in [0, 0.05) is 47.9 Å². The molecule has 6 heteroatoms. The van der Waals surface area contributed by atoms with Gasteiger partial charge in [0.2, 0.25) is 0 Å². The average Bonchev–Trinajstić information content (AvgIpc) is 2.88. The monoisotopic (exact) mass is 479 g/mol. The van der Waals surface area contributed by atoms with Gasteiger partial charge in [-0.05, 0) is 87.8 Å². The maximum atomic E-state index is 13.8. The first-order valence-electron chi connectivity index (χ1n) is 12.8. The molecule has 1 aromatic carbocycles. The number of rotatable bonds is 3. The number of piperidine rings is 2. The van der Waals surface area contributed by atoms with Crippen LogP contribution in [0.2, 0.25) is 5.02 Å². The molecule has 34 heavy (non-hydrogen) atoms. The average molecular weight is 480 g/mol. The minimum atomic E-state index is 0.0419.